The molecule has 0 spiro atoms. The molecule has 1 aliphatic rings. The van der Waals surface area contributed by atoms with Crippen molar-refractivity contribution < 1.29 is 33.9 Å². The van der Waals surface area contributed by atoms with Crippen molar-refractivity contribution in [2.24, 2.45) is 0 Å². The standard InChI is InChI=1S/C18H12N2O8S2/c21-15(22)8-12(17(24)25)19-16(23)14(30-18(19)29)7-11-4-5-13(28-11)9-2-1-3-10(6-9)20(26)27/h1-7,12H,8H2,(H,21,22)(H,24,25)/b14-7+. The maximum absolute atomic E-state index is 12.6. The maximum atomic E-state index is 12.6. The van der Waals surface area contributed by atoms with E-state index in [1.54, 1.807) is 12.1 Å². The van der Waals surface area contributed by atoms with Crippen LogP contribution in [0.15, 0.2) is 45.7 Å². The lowest BCUT2D eigenvalue weighted by molar-refractivity contribution is -0.384. The molecule has 0 aliphatic carbocycles. The van der Waals surface area contributed by atoms with Gasteiger partial charge in [0.2, 0.25) is 0 Å². The summed E-state index contributed by atoms with van der Waals surface area (Å²) in [6.45, 7) is 0. The number of carboxylic acid groups (broad SMARTS) is 2. The van der Waals surface area contributed by atoms with Gasteiger partial charge in [0.1, 0.15) is 21.9 Å². The summed E-state index contributed by atoms with van der Waals surface area (Å²) in [5.74, 6) is -3.04. The average molecular weight is 448 g/mol. The topological polar surface area (TPSA) is 151 Å². The third kappa shape index (κ3) is 4.39. The van der Waals surface area contributed by atoms with E-state index in [1.165, 1.54) is 30.3 Å². The highest BCUT2D eigenvalue weighted by Gasteiger charge is 2.41. The molecule has 1 amide bonds. The zero-order valence-electron chi connectivity index (χ0n) is 14.9. The van der Waals surface area contributed by atoms with Crippen LogP contribution < -0.4 is 0 Å². The number of nitrogens with zero attached hydrogens (tertiary/aromatic N) is 2. The molecule has 154 valence electrons. The van der Waals surface area contributed by atoms with Crippen LogP contribution in [0.1, 0.15) is 12.2 Å². The van der Waals surface area contributed by atoms with Crippen LogP contribution >= 0.6 is 24.0 Å². The van der Waals surface area contributed by atoms with Gasteiger partial charge in [-0.1, -0.05) is 36.1 Å². The van der Waals surface area contributed by atoms with Gasteiger partial charge in [0.15, 0.2) is 0 Å². The zero-order valence-corrected chi connectivity index (χ0v) is 16.5. The highest BCUT2D eigenvalue weighted by atomic mass is 32.2. The number of thiocarbonyl (C=S) groups is 1. The van der Waals surface area contributed by atoms with E-state index in [9.17, 15) is 29.6 Å². The fourth-order valence-corrected chi connectivity index (χ4v) is 4.03. The number of aliphatic carboxylic acids is 2. The van der Waals surface area contributed by atoms with E-state index in [-0.39, 0.29) is 20.7 Å². The quantitative estimate of drug-likeness (QED) is 0.280. The largest absolute Gasteiger partial charge is 0.481 e. The number of carbonyl (C=O) groups excluding carboxylic acids is 1. The van der Waals surface area contributed by atoms with E-state index in [2.05, 4.69) is 0 Å². The predicted octanol–water partition coefficient (Wildman–Crippen LogP) is 2.98. The van der Waals surface area contributed by atoms with E-state index in [4.69, 9.17) is 21.7 Å². The number of amides is 1. The second-order valence-corrected chi connectivity index (χ2v) is 7.69. The first-order chi connectivity index (χ1) is 14.2. The number of rotatable bonds is 7. The van der Waals surface area contributed by atoms with Gasteiger partial charge in [-0.05, 0) is 12.1 Å². The Kier molecular flexibility index (Phi) is 5.99. The summed E-state index contributed by atoms with van der Waals surface area (Å²) in [6, 6.07) is 7.29. The lowest BCUT2D eigenvalue weighted by Crippen LogP contribution is -2.45. The van der Waals surface area contributed by atoms with Gasteiger partial charge in [-0.3, -0.25) is 24.6 Å². The second-order valence-electron chi connectivity index (χ2n) is 6.01. The SMILES string of the molecule is O=C(O)CC(C(=O)O)N1C(=O)/C(=C\c2ccc(-c3cccc([N+](=O)[O-])c3)o2)SC1=S. The van der Waals surface area contributed by atoms with Crippen molar-refractivity contribution in [2.75, 3.05) is 0 Å². The first kappa shape index (κ1) is 21.2. The van der Waals surface area contributed by atoms with Crippen LogP contribution in [0.5, 0.6) is 0 Å². The summed E-state index contributed by atoms with van der Waals surface area (Å²) in [6.07, 6.45) is 0.548. The van der Waals surface area contributed by atoms with Crippen molar-refractivity contribution in [2.45, 2.75) is 12.5 Å². The van der Waals surface area contributed by atoms with Crippen LogP contribution in [0, 0.1) is 10.1 Å². The molecule has 1 aromatic carbocycles. The molecule has 0 saturated carbocycles. The Hall–Kier alpha value is -3.51. The van der Waals surface area contributed by atoms with Gasteiger partial charge in [0, 0.05) is 23.8 Å². The molecule has 12 heteroatoms. The highest BCUT2D eigenvalue weighted by molar-refractivity contribution is 8.26. The van der Waals surface area contributed by atoms with Gasteiger partial charge in [-0.15, -0.1) is 0 Å². The number of hydrogen-bond acceptors (Lipinski definition) is 8. The van der Waals surface area contributed by atoms with Crippen LogP contribution in [-0.2, 0) is 14.4 Å². The number of nitro benzene ring substituents is 1. The molecule has 2 heterocycles. The van der Waals surface area contributed by atoms with E-state index < -0.39 is 35.2 Å². The number of furan rings is 1. The molecule has 2 N–H and O–H groups in total. The summed E-state index contributed by atoms with van der Waals surface area (Å²) >= 11 is 5.88. The molecule has 1 atom stereocenters. The summed E-state index contributed by atoms with van der Waals surface area (Å²) in [5, 5.41) is 29.1. The molecule has 1 saturated heterocycles. The number of hydrogen-bond donors (Lipinski definition) is 2. The van der Waals surface area contributed by atoms with Crippen molar-refractivity contribution in [1.29, 1.82) is 0 Å². The van der Waals surface area contributed by atoms with Crippen molar-refractivity contribution in [3.8, 4) is 11.3 Å². The van der Waals surface area contributed by atoms with Crippen molar-refractivity contribution in [3.05, 3.63) is 57.2 Å². The molecule has 0 radical (unpaired) electrons. The summed E-state index contributed by atoms with van der Waals surface area (Å²) in [4.78, 5) is 46.2. The number of thioether (sulfide) groups is 1. The van der Waals surface area contributed by atoms with Gasteiger partial charge in [0.05, 0.1) is 16.2 Å². The summed E-state index contributed by atoms with van der Waals surface area (Å²) in [7, 11) is 0. The fraction of sp³-hybridized carbons (Fsp3) is 0.111. The van der Waals surface area contributed by atoms with Crippen LogP contribution in [0.25, 0.3) is 17.4 Å². The second kappa shape index (κ2) is 8.47. The number of nitro groups is 1. The van der Waals surface area contributed by atoms with Gasteiger partial charge in [0.25, 0.3) is 11.6 Å². The average Bonchev–Trinajstić information content (AvgIpc) is 3.25. The van der Waals surface area contributed by atoms with Crippen molar-refractivity contribution >= 4 is 57.9 Å². The molecule has 0 bridgehead atoms. The third-order valence-electron chi connectivity index (χ3n) is 4.03. The van der Waals surface area contributed by atoms with E-state index in [1.807, 2.05) is 0 Å². The predicted molar refractivity (Wildman–Crippen MR) is 109 cm³/mol. The molecular weight excluding hydrogens is 436 g/mol. The highest BCUT2D eigenvalue weighted by Crippen LogP contribution is 2.35. The first-order valence-electron chi connectivity index (χ1n) is 8.23. The number of carboxylic acids is 2. The van der Waals surface area contributed by atoms with Gasteiger partial charge < -0.3 is 14.6 Å². The third-order valence-corrected chi connectivity index (χ3v) is 5.36. The molecule has 1 aromatic heterocycles. The molecule has 1 aliphatic heterocycles. The Bertz CT molecular complexity index is 1110. The molecule has 10 nitrogen and oxygen atoms in total. The van der Waals surface area contributed by atoms with Crippen LogP contribution in [-0.4, -0.2) is 48.2 Å². The van der Waals surface area contributed by atoms with Crippen LogP contribution in [0.3, 0.4) is 0 Å². The number of non-ortho nitro benzene ring substituents is 1. The Morgan fingerprint density at radius 2 is 2.03 bits per heavy atom. The Morgan fingerprint density at radius 3 is 2.67 bits per heavy atom. The number of carbonyl (C=O) groups is 3. The molecule has 1 fully saturated rings. The van der Waals surface area contributed by atoms with Gasteiger partial charge >= 0.3 is 11.9 Å². The Morgan fingerprint density at radius 1 is 1.30 bits per heavy atom. The minimum absolute atomic E-state index is 0.0663. The number of benzene rings is 1. The summed E-state index contributed by atoms with van der Waals surface area (Å²) < 4.78 is 5.54. The Balaban J connectivity index is 1.86. The van der Waals surface area contributed by atoms with Crippen LogP contribution in [0.4, 0.5) is 5.69 Å². The van der Waals surface area contributed by atoms with E-state index in [0.29, 0.717) is 11.3 Å². The molecular formula is C18H12N2O8S2. The molecule has 3 rings (SSSR count). The van der Waals surface area contributed by atoms with E-state index >= 15 is 0 Å². The lowest BCUT2D eigenvalue weighted by Gasteiger charge is -2.21. The smallest absolute Gasteiger partial charge is 0.327 e. The van der Waals surface area contributed by atoms with E-state index in [0.717, 1.165) is 16.7 Å². The zero-order chi connectivity index (χ0) is 22.0. The van der Waals surface area contributed by atoms with Crippen molar-refractivity contribution in [3.63, 3.8) is 0 Å². The van der Waals surface area contributed by atoms with Crippen LogP contribution in [0.2, 0.25) is 0 Å². The minimum Gasteiger partial charge on any atom is -0.481 e. The normalized spacial score (nSPS) is 16.1. The lowest BCUT2D eigenvalue weighted by atomic mass is 10.1. The minimum atomic E-state index is -1.63. The molecule has 2 aromatic rings. The fourth-order valence-electron chi connectivity index (χ4n) is 2.69. The molecule has 1 unspecified atom stereocenters. The summed E-state index contributed by atoms with van der Waals surface area (Å²) in [5.41, 5.74) is 0.355. The molecule has 30 heavy (non-hydrogen) atoms. The van der Waals surface area contributed by atoms with Gasteiger partial charge in [-0.25, -0.2) is 4.79 Å². The Labute approximate surface area is 177 Å². The monoisotopic (exact) mass is 448 g/mol. The van der Waals surface area contributed by atoms with Crippen molar-refractivity contribution in [1.82, 2.24) is 4.90 Å². The first-order valence-corrected chi connectivity index (χ1v) is 9.46. The van der Waals surface area contributed by atoms with Gasteiger partial charge in [-0.2, -0.15) is 0 Å². The maximum Gasteiger partial charge on any atom is 0.327 e.